The van der Waals surface area contributed by atoms with E-state index in [1.165, 1.54) is 44.9 Å². The van der Waals surface area contributed by atoms with E-state index < -0.39 is 32.5 Å². The van der Waals surface area contributed by atoms with E-state index in [-0.39, 0.29) is 32.6 Å². The van der Waals surface area contributed by atoms with Crippen molar-refractivity contribution in [1.29, 1.82) is 0 Å². The lowest BCUT2D eigenvalue weighted by atomic mass is 10.1. The van der Waals surface area contributed by atoms with Crippen molar-refractivity contribution in [2.24, 2.45) is 5.73 Å². The van der Waals surface area contributed by atoms with Gasteiger partial charge < -0.3 is 20.1 Å². The Bertz CT molecular complexity index is 1250. The highest BCUT2D eigenvalue weighted by Gasteiger charge is 2.25. The first-order chi connectivity index (χ1) is 27.8. The average Bonchev–Trinajstić information content (AvgIpc) is 3.20. The first-order valence-corrected chi connectivity index (χ1v) is 23.2. The summed E-state index contributed by atoms with van der Waals surface area (Å²) in [6.07, 6.45) is 54.4. The van der Waals surface area contributed by atoms with Crippen LogP contribution >= 0.6 is 7.82 Å². The van der Waals surface area contributed by atoms with Gasteiger partial charge in [0.15, 0.2) is 6.10 Å². The van der Waals surface area contributed by atoms with E-state index in [1.807, 2.05) is 6.08 Å². The van der Waals surface area contributed by atoms with Crippen molar-refractivity contribution in [3.63, 3.8) is 0 Å². The van der Waals surface area contributed by atoms with E-state index in [4.69, 9.17) is 24.3 Å². The Morgan fingerprint density at radius 2 is 0.930 bits per heavy atom. The minimum Gasteiger partial charge on any atom is -0.462 e. The molecule has 0 aromatic rings. The van der Waals surface area contributed by atoms with Crippen LogP contribution in [0.25, 0.3) is 0 Å². The summed E-state index contributed by atoms with van der Waals surface area (Å²) in [6.45, 7) is 3.55. The van der Waals surface area contributed by atoms with Gasteiger partial charge in [-0.15, -0.1) is 0 Å². The molecule has 0 rings (SSSR count). The fourth-order valence-electron chi connectivity index (χ4n) is 5.20. The van der Waals surface area contributed by atoms with Crippen molar-refractivity contribution < 1.29 is 37.6 Å². The molecule has 0 aliphatic carbocycles. The third-order valence-corrected chi connectivity index (χ3v) is 9.43. The molecule has 0 aromatic carbocycles. The first kappa shape index (κ1) is 53.9. The van der Waals surface area contributed by atoms with Crippen LogP contribution in [0.2, 0.25) is 0 Å². The summed E-state index contributed by atoms with van der Waals surface area (Å²) in [7, 11) is -4.41. The number of phosphoric acid groups is 1. The maximum atomic E-state index is 12.6. The summed E-state index contributed by atoms with van der Waals surface area (Å²) in [6, 6.07) is 0. The molecule has 57 heavy (non-hydrogen) atoms. The number of unbranched alkanes of at least 4 members (excludes halogenated alkanes) is 10. The topological polar surface area (TPSA) is 134 Å². The maximum absolute atomic E-state index is 12.6. The predicted molar refractivity (Wildman–Crippen MR) is 238 cm³/mol. The lowest BCUT2D eigenvalue weighted by Crippen LogP contribution is -2.29. The number of rotatable bonds is 39. The Balaban J connectivity index is 4.34. The third-order valence-electron chi connectivity index (χ3n) is 8.44. The number of esters is 2. The number of nitrogens with two attached hydrogens (primary N) is 1. The van der Waals surface area contributed by atoms with E-state index in [0.717, 1.165) is 64.2 Å². The van der Waals surface area contributed by atoms with Gasteiger partial charge in [0, 0.05) is 19.4 Å². The Hall–Kier alpha value is -3.07. The molecule has 0 fully saturated rings. The normalized spacial score (nSPS) is 14.2. The highest BCUT2D eigenvalue weighted by molar-refractivity contribution is 7.47. The fourth-order valence-corrected chi connectivity index (χ4v) is 5.96. The number of carbonyl (C=O) groups is 2. The van der Waals surface area contributed by atoms with E-state index >= 15 is 0 Å². The molecule has 0 spiro atoms. The highest BCUT2D eigenvalue weighted by atomic mass is 31.2. The second-order valence-electron chi connectivity index (χ2n) is 13.8. The molecule has 0 bridgehead atoms. The maximum Gasteiger partial charge on any atom is 0.472 e. The van der Waals surface area contributed by atoms with E-state index in [0.29, 0.717) is 19.3 Å². The van der Waals surface area contributed by atoms with Crippen LogP contribution in [0, 0.1) is 0 Å². The molecule has 2 atom stereocenters. The van der Waals surface area contributed by atoms with Gasteiger partial charge in [0.05, 0.1) is 13.2 Å². The lowest BCUT2D eigenvalue weighted by molar-refractivity contribution is -0.161. The highest BCUT2D eigenvalue weighted by Crippen LogP contribution is 2.43. The standard InChI is InChI=1S/C47H78NO8P/c1-3-5-7-9-11-13-15-17-19-21-22-24-25-27-29-31-33-35-37-39-46(49)53-43-45(44-55-57(51,52)54-42-41-48)56-47(50)40-38-36-34-32-30-28-26-23-20-18-16-14-12-10-8-6-4-2/h11-14,17-20,22,24,26-29,32,34,45H,3-10,15-16,21,23,25,30-31,33,35-44,48H2,1-2H3,(H,51,52)/b13-11-,14-12-,19-17-,20-18-,24-22-,28-26-,29-27-,34-32-/t45-/m1/s1. The predicted octanol–water partition coefficient (Wildman–Crippen LogP) is 12.6. The van der Waals surface area contributed by atoms with E-state index in [1.54, 1.807) is 0 Å². The monoisotopic (exact) mass is 816 g/mol. The smallest absolute Gasteiger partial charge is 0.462 e. The molecule has 0 amide bonds. The molecule has 0 aromatic heterocycles. The van der Waals surface area contributed by atoms with Crippen molar-refractivity contribution in [3.8, 4) is 0 Å². The molecule has 324 valence electrons. The van der Waals surface area contributed by atoms with Crippen LogP contribution in [-0.2, 0) is 32.7 Å². The average molecular weight is 816 g/mol. The van der Waals surface area contributed by atoms with Gasteiger partial charge in [-0.1, -0.05) is 143 Å². The molecule has 0 radical (unpaired) electrons. The Labute approximate surface area is 346 Å². The van der Waals surface area contributed by atoms with Gasteiger partial charge in [-0.3, -0.25) is 18.6 Å². The van der Waals surface area contributed by atoms with Gasteiger partial charge in [-0.2, -0.15) is 0 Å². The summed E-state index contributed by atoms with van der Waals surface area (Å²) < 4.78 is 32.7. The number of hydrogen-bond donors (Lipinski definition) is 2. The molecule has 0 saturated heterocycles. The van der Waals surface area contributed by atoms with Gasteiger partial charge in [0.25, 0.3) is 0 Å². The largest absolute Gasteiger partial charge is 0.472 e. The van der Waals surface area contributed by atoms with Crippen molar-refractivity contribution in [3.05, 3.63) is 97.2 Å². The van der Waals surface area contributed by atoms with Gasteiger partial charge in [0.1, 0.15) is 6.61 Å². The molecular formula is C47H78NO8P. The van der Waals surface area contributed by atoms with Crippen LogP contribution in [0.1, 0.15) is 155 Å². The third kappa shape index (κ3) is 42.4. The Kier molecular flexibility index (Phi) is 40.2. The lowest BCUT2D eigenvalue weighted by Gasteiger charge is -2.19. The number of hydrogen-bond acceptors (Lipinski definition) is 8. The van der Waals surface area contributed by atoms with E-state index in [2.05, 4.69) is 105 Å². The van der Waals surface area contributed by atoms with Crippen LogP contribution in [-0.4, -0.2) is 49.3 Å². The summed E-state index contributed by atoms with van der Waals surface area (Å²) in [4.78, 5) is 34.8. The SMILES string of the molecule is CCCCC/C=C\C/C=C\C/C=C\C/C=C\CCCCCC(=O)OC[C@H](COP(=O)(O)OCCN)OC(=O)CCC/C=C\C/C=C\C/C=C\C/C=C\CCCCC. The molecule has 10 heteroatoms. The summed E-state index contributed by atoms with van der Waals surface area (Å²) in [5.74, 6) is -0.941. The van der Waals surface area contributed by atoms with Crippen LogP contribution in [0.3, 0.4) is 0 Å². The summed E-state index contributed by atoms with van der Waals surface area (Å²) in [5, 5.41) is 0. The van der Waals surface area contributed by atoms with Gasteiger partial charge in [-0.25, -0.2) is 4.57 Å². The number of ether oxygens (including phenoxy) is 2. The summed E-state index contributed by atoms with van der Waals surface area (Å²) in [5.41, 5.74) is 5.34. The van der Waals surface area contributed by atoms with Gasteiger partial charge in [0.2, 0.25) is 0 Å². The van der Waals surface area contributed by atoms with Crippen LogP contribution in [0.5, 0.6) is 0 Å². The van der Waals surface area contributed by atoms with Crippen LogP contribution in [0.4, 0.5) is 0 Å². The number of phosphoric ester groups is 1. The van der Waals surface area contributed by atoms with Crippen molar-refractivity contribution in [1.82, 2.24) is 0 Å². The number of allylic oxidation sites excluding steroid dienone is 16. The molecule has 9 nitrogen and oxygen atoms in total. The van der Waals surface area contributed by atoms with Gasteiger partial charge in [-0.05, 0) is 96.3 Å². The van der Waals surface area contributed by atoms with Crippen LogP contribution in [0.15, 0.2) is 97.2 Å². The Morgan fingerprint density at radius 1 is 0.526 bits per heavy atom. The fraction of sp³-hybridized carbons (Fsp3) is 0.617. The second kappa shape index (κ2) is 42.5. The number of carbonyl (C=O) groups excluding carboxylic acids is 2. The summed E-state index contributed by atoms with van der Waals surface area (Å²) >= 11 is 0. The molecular weight excluding hydrogens is 737 g/mol. The van der Waals surface area contributed by atoms with Gasteiger partial charge >= 0.3 is 19.8 Å². The second-order valence-corrected chi connectivity index (χ2v) is 15.3. The minimum absolute atomic E-state index is 0.0347. The molecule has 1 unspecified atom stereocenters. The Morgan fingerprint density at radius 3 is 1.37 bits per heavy atom. The quantitative estimate of drug-likeness (QED) is 0.0269. The zero-order chi connectivity index (χ0) is 41.8. The molecule has 0 aliphatic heterocycles. The molecule has 0 aliphatic rings. The van der Waals surface area contributed by atoms with Crippen molar-refractivity contribution in [2.75, 3.05) is 26.4 Å². The molecule has 0 saturated carbocycles. The van der Waals surface area contributed by atoms with E-state index in [9.17, 15) is 19.0 Å². The zero-order valence-electron chi connectivity index (χ0n) is 35.5. The van der Waals surface area contributed by atoms with Crippen LogP contribution < -0.4 is 5.73 Å². The van der Waals surface area contributed by atoms with Crippen molar-refractivity contribution in [2.45, 2.75) is 161 Å². The molecule has 0 heterocycles. The van der Waals surface area contributed by atoms with Crippen molar-refractivity contribution >= 4 is 19.8 Å². The zero-order valence-corrected chi connectivity index (χ0v) is 36.4. The first-order valence-electron chi connectivity index (χ1n) is 21.7. The minimum atomic E-state index is -4.41. The molecule has 3 N–H and O–H groups in total.